The first-order valence-corrected chi connectivity index (χ1v) is 10.3. The molecule has 0 spiro atoms. The molecule has 1 aliphatic heterocycles. The molecule has 0 radical (unpaired) electrons. The van der Waals surface area contributed by atoms with Gasteiger partial charge in [0, 0.05) is 25.0 Å². The molecule has 1 aromatic carbocycles. The fourth-order valence-corrected chi connectivity index (χ4v) is 4.62. The number of benzene rings is 1. The van der Waals surface area contributed by atoms with Crippen LogP contribution in [0.4, 0.5) is 14.5 Å². The molecule has 1 amide bonds. The minimum atomic E-state index is -4.07. The molecule has 1 aliphatic rings. The predicted molar refractivity (Wildman–Crippen MR) is 100 cm³/mol. The van der Waals surface area contributed by atoms with Gasteiger partial charge in [-0.25, -0.2) is 21.9 Å². The quantitative estimate of drug-likeness (QED) is 0.684. The SMILES string of the molecule is CC(C)[C@@H]1Oc2c(cn(C)c2C(=O)Nc2ccc(F)c(F)c2)S(=O)(=O)N[C@H]1CO. The zero-order valence-corrected chi connectivity index (χ0v) is 16.8. The van der Waals surface area contributed by atoms with Crippen LogP contribution in [0.5, 0.6) is 5.75 Å². The number of amides is 1. The summed E-state index contributed by atoms with van der Waals surface area (Å²) in [6.07, 6.45) is 0.475. The summed E-state index contributed by atoms with van der Waals surface area (Å²) in [5.74, 6) is -3.33. The van der Waals surface area contributed by atoms with E-state index in [1.807, 2.05) is 0 Å². The summed E-state index contributed by atoms with van der Waals surface area (Å²) in [5, 5.41) is 12.0. The highest BCUT2D eigenvalue weighted by Gasteiger charge is 2.40. The highest BCUT2D eigenvalue weighted by atomic mass is 32.2. The van der Waals surface area contributed by atoms with Gasteiger partial charge >= 0.3 is 0 Å². The Hall–Kier alpha value is -2.50. The fourth-order valence-electron chi connectivity index (χ4n) is 3.20. The number of rotatable bonds is 4. The number of hydrogen-bond acceptors (Lipinski definition) is 5. The van der Waals surface area contributed by atoms with Gasteiger partial charge in [-0.05, 0) is 18.1 Å². The van der Waals surface area contributed by atoms with Gasteiger partial charge in [0.25, 0.3) is 5.91 Å². The monoisotopic (exact) mass is 429 g/mol. The van der Waals surface area contributed by atoms with Crippen molar-refractivity contribution in [2.75, 3.05) is 11.9 Å². The summed E-state index contributed by atoms with van der Waals surface area (Å²) < 4.78 is 61.6. The lowest BCUT2D eigenvalue weighted by Crippen LogP contribution is -2.48. The molecule has 0 bridgehead atoms. The maximum absolute atomic E-state index is 13.4. The number of fused-ring (bicyclic) bond motifs is 1. The maximum Gasteiger partial charge on any atom is 0.276 e. The Morgan fingerprint density at radius 2 is 2.03 bits per heavy atom. The number of sulfonamides is 1. The van der Waals surface area contributed by atoms with Gasteiger partial charge in [-0.15, -0.1) is 0 Å². The second-order valence-corrected chi connectivity index (χ2v) is 8.78. The average Bonchev–Trinajstić information content (AvgIpc) is 2.92. The van der Waals surface area contributed by atoms with Gasteiger partial charge in [-0.3, -0.25) is 4.79 Å². The number of aromatic nitrogens is 1. The van der Waals surface area contributed by atoms with E-state index in [0.29, 0.717) is 0 Å². The number of nitrogens with zero attached hydrogens (tertiary/aromatic N) is 1. The third-order valence-corrected chi connectivity index (χ3v) is 6.08. The van der Waals surface area contributed by atoms with Gasteiger partial charge in [0.1, 0.15) is 11.0 Å². The Morgan fingerprint density at radius 1 is 1.34 bits per heavy atom. The Kier molecular flexibility index (Phi) is 5.65. The zero-order valence-electron chi connectivity index (χ0n) is 15.9. The lowest BCUT2D eigenvalue weighted by atomic mass is 10.0. The van der Waals surface area contributed by atoms with Crippen LogP contribution in [0, 0.1) is 17.6 Å². The number of carbonyl (C=O) groups excluding carboxylic acids is 1. The number of anilines is 1. The first kappa shape index (κ1) is 21.2. The number of aryl methyl sites for hydroxylation is 1. The van der Waals surface area contributed by atoms with E-state index in [-0.39, 0.29) is 27.9 Å². The van der Waals surface area contributed by atoms with E-state index in [1.54, 1.807) is 13.8 Å². The van der Waals surface area contributed by atoms with E-state index < -0.39 is 46.3 Å². The van der Waals surface area contributed by atoms with Crippen molar-refractivity contribution >= 4 is 21.6 Å². The van der Waals surface area contributed by atoms with Crippen LogP contribution in [-0.2, 0) is 17.1 Å². The van der Waals surface area contributed by atoms with Crippen LogP contribution < -0.4 is 14.8 Å². The molecule has 0 aliphatic carbocycles. The summed E-state index contributed by atoms with van der Waals surface area (Å²) in [5.41, 5.74) is -0.119. The Bertz CT molecular complexity index is 1050. The summed E-state index contributed by atoms with van der Waals surface area (Å²) in [6, 6.07) is 1.95. The second kappa shape index (κ2) is 7.73. The van der Waals surface area contributed by atoms with Crippen molar-refractivity contribution in [1.82, 2.24) is 9.29 Å². The van der Waals surface area contributed by atoms with Crippen molar-refractivity contribution in [2.24, 2.45) is 13.0 Å². The van der Waals surface area contributed by atoms with Crippen molar-refractivity contribution in [1.29, 1.82) is 0 Å². The van der Waals surface area contributed by atoms with Crippen molar-refractivity contribution < 1.29 is 31.8 Å². The summed E-state index contributed by atoms with van der Waals surface area (Å²) in [7, 11) is -2.61. The van der Waals surface area contributed by atoms with E-state index in [2.05, 4.69) is 10.0 Å². The largest absolute Gasteiger partial charge is 0.484 e. The molecule has 29 heavy (non-hydrogen) atoms. The number of aliphatic hydroxyl groups excluding tert-OH is 1. The maximum atomic E-state index is 13.4. The molecule has 0 saturated heterocycles. The standard InChI is InChI=1S/C18H21F2N3O5S/c1-9(2)16-13(8-24)22-29(26,27)14-7-23(3)15(17(14)28-16)18(25)21-10-4-5-11(19)12(20)6-10/h4-7,9,13,16,22,24H,8H2,1-3H3,(H,21,25)/t13-,16-/m0/s1. The zero-order chi connectivity index (χ0) is 21.5. The van der Waals surface area contributed by atoms with Crippen LogP contribution >= 0.6 is 0 Å². The van der Waals surface area contributed by atoms with E-state index in [4.69, 9.17) is 4.74 Å². The van der Waals surface area contributed by atoms with E-state index >= 15 is 0 Å². The highest BCUT2D eigenvalue weighted by Crippen LogP contribution is 2.35. The Morgan fingerprint density at radius 3 is 2.62 bits per heavy atom. The molecule has 3 N–H and O–H groups in total. The second-order valence-electron chi connectivity index (χ2n) is 7.10. The molecule has 0 fully saturated rings. The third-order valence-electron chi connectivity index (χ3n) is 4.60. The molecule has 3 rings (SSSR count). The molecule has 0 unspecified atom stereocenters. The molecule has 2 heterocycles. The molecule has 0 saturated carbocycles. The predicted octanol–water partition coefficient (Wildman–Crippen LogP) is 1.61. The first-order valence-electron chi connectivity index (χ1n) is 8.80. The van der Waals surface area contributed by atoms with Crippen molar-refractivity contribution in [3.63, 3.8) is 0 Å². The molecule has 8 nitrogen and oxygen atoms in total. The molecular weight excluding hydrogens is 408 g/mol. The normalized spacial score (nSPS) is 20.7. The average molecular weight is 429 g/mol. The molecule has 1 aromatic heterocycles. The van der Waals surface area contributed by atoms with Crippen LogP contribution in [-0.4, -0.2) is 42.8 Å². The number of ether oxygens (including phenoxy) is 1. The van der Waals surface area contributed by atoms with Crippen molar-refractivity contribution in [2.45, 2.75) is 30.9 Å². The lowest BCUT2D eigenvalue weighted by Gasteiger charge is -2.27. The van der Waals surface area contributed by atoms with Gasteiger partial charge in [0.15, 0.2) is 23.1 Å². The van der Waals surface area contributed by atoms with Crippen LogP contribution in [0.3, 0.4) is 0 Å². The molecule has 2 aromatic rings. The summed E-state index contributed by atoms with van der Waals surface area (Å²) in [4.78, 5) is 12.6. The van der Waals surface area contributed by atoms with Gasteiger partial charge in [0.2, 0.25) is 10.0 Å². The van der Waals surface area contributed by atoms with Crippen LogP contribution in [0.15, 0.2) is 29.3 Å². The molecule has 11 heteroatoms. The van der Waals surface area contributed by atoms with Crippen molar-refractivity contribution in [3.8, 4) is 5.75 Å². The van der Waals surface area contributed by atoms with Gasteiger partial charge in [0.05, 0.1) is 12.6 Å². The first-order chi connectivity index (χ1) is 13.5. The number of halogens is 2. The van der Waals surface area contributed by atoms with Crippen molar-refractivity contribution in [3.05, 3.63) is 41.7 Å². The highest BCUT2D eigenvalue weighted by molar-refractivity contribution is 7.89. The Balaban J connectivity index is 2.05. The smallest absolute Gasteiger partial charge is 0.276 e. The topological polar surface area (TPSA) is 110 Å². The third kappa shape index (κ3) is 3.98. The lowest BCUT2D eigenvalue weighted by molar-refractivity contribution is 0.0837. The van der Waals surface area contributed by atoms with E-state index in [1.165, 1.54) is 23.9 Å². The number of nitrogens with one attached hydrogen (secondary N) is 2. The molecular formula is C18H21F2N3O5S. The van der Waals surface area contributed by atoms with Crippen LogP contribution in [0.1, 0.15) is 24.3 Å². The Labute approximate surface area is 166 Å². The summed E-state index contributed by atoms with van der Waals surface area (Å²) in [6.45, 7) is 3.09. The minimum Gasteiger partial charge on any atom is -0.484 e. The molecule has 158 valence electrons. The number of hydrogen-bond donors (Lipinski definition) is 3. The fraction of sp³-hybridized carbons (Fsp3) is 0.389. The minimum absolute atomic E-state index is 0.00732. The van der Waals surface area contributed by atoms with E-state index in [0.717, 1.165) is 12.1 Å². The summed E-state index contributed by atoms with van der Waals surface area (Å²) >= 11 is 0. The molecule has 2 atom stereocenters. The van der Waals surface area contributed by atoms with Gasteiger partial charge in [-0.2, -0.15) is 0 Å². The van der Waals surface area contributed by atoms with Crippen LogP contribution in [0.25, 0.3) is 0 Å². The number of aliphatic hydroxyl groups is 1. The van der Waals surface area contributed by atoms with Crippen LogP contribution in [0.2, 0.25) is 0 Å². The van der Waals surface area contributed by atoms with Gasteiger partial charge < -0.3 is 19.7 Å². The van der Waals surface area contributed by atoms with E-state index in [9.17, 15) is 27.1 Å². The number of carbonyl (C=O) groups is 1. The van der Waals surface area contributed by atoms with Gasteiger partial charge in [-0.1, -0.05) is 13.8 Å².